The van der Waals surface area contributed by atoms with Gasteiger partial charge in [-0.05, 0) is 23.7 Å². The first-order valence-corrected chi connectivity index (χ1v) is 8.12. The molecule has 0 aromatic carbocycles. The summed E-state index contributed by atoms with van der Waals surface area (Å²) in [6, 6.07) is 3.22. The minimum atomic E-state index is -3.72. The molecule has 11 heteroatoms. The molecule has 0 aliphatic rings. The van der Waals surface area contributed by atoms with Crippen LogP contribution in [0.4, 0.5) is 8.78 Å². The molecule has 0 saturated heterocycles. The van der Waals surface area contributed by atoms with Crippen LogP contribution in [0.25, 0.3) is 17.0 Å². The molecule has 0 N–H and O–H groups in total. The summed E-state index contributed by atoms with van der Waals surface area (Å²) in [5.74, 6) is -0.992. The normalized spacial score (nSPS) is 13.7. The van der Waals surface area contributed by atoms with Crippen LogP contribution in [-0.4, -0.2) is 25.8 Å². The van der Waals surface area contributed by atoms with E-state index in [0.717, 1.165) is 0 Å². The van der Waals surface area contributed by atoms with E-state index >= 15 is 0 Å². The summed E-state index contributed by atoms with van der Waals surface area (Å²) < 4.78 is 46.8. The van der Waals surface area contributed by atoms with Crippen molar-refractivity contribution in [1.82, 2.24) is 19.5 Å². The largest absolute Gasteiger partial charge is 0.445 e. The molecule has 0 amide bonds. The van der Waals surface area contributed by atoms with Crippen LogP contribution in [0.1, 0.15) is 11.6 Å². The maximum atomic E-state index is 12.9. The summed E-state index contributed by atoms with van der Waals surface area (Å²) in [7, 11) is -1.27. The Kier molecular flexibility index (Phi) is 4.02. The number of imidazole rings is 1. The van der Waals surface area contributed by atoms with Crippen LogP contribution >= 0.6 is 11.6 Å². The van der Waals surface area contributed by atoms with Crippen molar-refractivity contribution < 1.29 is 17.5 Å². The number of halogens is 3. The Morgan fingerprint density at radius 3 is 2.91 bits per heavy atom. The number of nitrogens with zero attached hydrogens (tertiary/aromatic N) is 5. The fraction of sp³-hybridized carbons (Fsp3) is 0.250. The van der Waals surface area contributed by atoms with Crippen molar-refractivity contribution in [3.8, 4) is 11.4 Å². The maximum absolute atomic E-state index is 12.9. The third kappa shape index (κ3) is 3.48. The predicted molar refractivity (Wildman–Crippen MR) is 78.3 cm³/mol. The second-order valence-corrected chi connectivity index (χ2v) is 6.13. The first-order chi connectivity index (χ1) is 10.8. The van der Waals surface area contributed by atoms with Crippen molar-refractivity contribution in [3.63, 3.8) is 0 Å². The van der Waals surface area contributed by atoms with E-state index in [2.05, 4.69) is 24.0 Å². The molecule has 7 nitrogen and oxygen atoms in total. The van der Waals surface area contributed by atoms with Gasteiger partial charge in [-0.25, -0.2) is 4.98 Å². The van der Waals surface area contributed by atoms with Crippen molar-refractivity contribution in [2.45, 2.75) is 11.9 Å². The Morgan fingerprint density at radius 1 is 1.48 bits per heavy atom. The molecule has 3 heterocycles. The second-order valence-electron chi connectivity index (χ2n) is 4.55. The van der Waals surface area contributed by atoms with Gasteiger partial charge in [-0.1, -0.05) is 5.16 Å². The van der Waals surface area contributed by atoms with Crippen molar-refractivity contribution >= 4 is 27.8 Å². The van der Waals surface area contributed by atoms with Gasteiger partial charge in [0.05, 0.1) is 12.2 Å². The van der Waals surface area contributed by atoms with Gasteiger partial charge >= 0.3 is 11.3 Å². The number of hydrogen-bond acceptors (Lipinski definition) is 7. The number of fused-ring (bicyclic) bond motifs is 1. The van der Waals surface area contributed by atoms with E-state index in [9.17, 15) is 13.0 Å². The Balaban J connectivity index is 1.95. The zero-order valence-electron chi connectivity index (χ0n) is 11.6. The van der Waals surface area contributed by atoms with Crippen LogP contribution in [0.15, 0.2) is 33.4 Å². The number of pyridine rings is 1. The van der Waals surface area contributed by atoms with E-state index in [1.54, 1.807) is 28.9 Å². The molecular formula is C12H9ClF2N5O2S-. The average molecular weight is 361 g/mol. The van der Waals surface area contributed by atoms with Gasteiger partial charge in [0.2, 0.25) is 5.82 Å². The average Bonchev–Trinajstić information content (AvgIpc) is 3.10. The topological polar surface area (TPSA) is 85.7 Å². The molecule has 0 saturated carbocycles. The Hall–Kier alpha value is -2.07. The lowest BCUT2D eigenvalue weighted by Gasteiger charge is -1.98. The smallest absolute Gasteiger partial charge is 0.400 e. The van der Waals surface area contributed by atoms with Gasteiger partial charge in [-0.3, -0.25) is 0 Å². The molecule has 0 unspecified atom stereocenters. The molecule has 23 heavy (non-hydrogen) atoms. The van der Waals surface area contributed by atoms with E-state index < -0.39 is 21.9 Å². The lowest BCUT2D eigenvalue weighted by molar-refractivity contribution is 0.0551. The SMILES string of the molecule is C[S-](=O)=NCc1cn2ccc(-c3noc(C(F)(F)Cl)n3)cc2n1. The van der Waals surface area contributed by atoms with Gasteiger partial charge < -0.3 is 17.5 Å². The van der Waals surface area contributed by atoms with E-state index in [0.29, 0.717) is 16.9 Å². The highest BCUT2D eigenvalue weighted by atomic mass is 35.5. The Labute approximate surface area is 135 Å². The Morgan fingerprint density at radius 2 is 2.26 bits per heavy atom. The summed E-state index contributed by atoms with van der Waals surface area (Å²) in [5, 5.41) is -0.235. The first kappa shape index (κ1) is 15.8. The summed E-state index contributed by atoms with van der Waals surface area (Å²) in [6.07, 6.45) is 4.86. The molecule has 0 fully saturated rings. The van der Waals surface area contributed by atoms with Crippen LogP contribution in [0.2, 0.25) is 0 Å². The van der Waals surface area contributed by atoms with Gasteiger partial charge in [0, 0.05) is 18.0 Å². The first-order valence-electron chi connectivity index (χ1n) is 6.23. The number of alkyl halides is 3. The second kappa shape index (κ2) is 5.85. The molecule has 0 aliphatic carbocycles. The van der Waals surface area contributed by atoms with Crippen LogP contribution in [0.5, 0.6) is 0 Å². The molecule has 122 valence electrons. The van der Waals surface area contributed by atoms with E-state index in [-0.39, 0.29) is 12.4 Å². The highest BCUT2D eigenvalue weighted by Crippen LogP contribution is 2.32. The minimum absolute atomic E-state index is 0.0216. The highest BCUT2D eigenvalue weighted by Gasteiger charge is 2.35. The van der Waals surface area contributed by atoms with E-state index in [1.165, 1.54) is 6.26 Å². The predicted octanol–water partition coefficient (Wildman–Crippen LogP) is 2.95. The number of aromatic nitrogens is 4. The summed E-state index contributed by atoms with van der Waals surface area (Å²) in [6.45, 7) is 0.213. The van der Waals surface area contributed by atoms with Gasteiger partial charge in [0.25, 0.3) is 0 Å². The van der Waals surface area contributed by atoms with Crippen LogP contribution in [0, 0.1) is 0 Å². The zero-order valence-corrected chi connectivity index (χ0v) is 13.2. The molecule has 3 rings (SSSR count). The van der Waals surface area contributed by atoms with Crippen LogP contribution in [-0.2, 0) is 26.7 Å². The zero-order chi connectivity index (χ0) is 16.6. The summed E-state index contributed by atoms with van der Waals surface area (Å²) in [5.41, 5.74) is 1.61. The van der Waals surface area contributed by atoms with Gasteiger partial charge in [0.1, 0.15) is 5.65 Å². The molecule has 0 aliphatic heterocycles. The monoisotopic (exact) mass is 360 g/mol. The maximum Gasteiger partial charge on any atom is 0.400 e. The molecule has 0 spiro atoms. The minimum Gasteiger partial charge on any atom is -0.445 e. The third-order valence-corrected chi connectivity index (χ3v) is 3.50. The quantitative estimate of drug-likeness (QED) is 0.527. The van der Waals surface area contributed by atoms with Gasteiger partial charge in [-0.15, -0.1) is 6.26 Å². The lowest BCUT2D eigenvalue weighted by Crippen LogP contribution is -2.03. The lowest BCUT2D eigenvalue weighted by atomic mass is 10.2. The molecule has 0 bridgehead atoms. The van der Waals surface area contributed by atoms with Gasteiger partial charge in [-0.2, -0.15) is 24.4 Å². The van der Waals surface area contributed by atoms with Crippen molar-refractivity contribution in [2.75, 3.05) is 6.26 Å². The summed E-state index contributed by atoms with van der Waals surface area (Å²) >= 11 is 4.84. The van der Waals surface area contributed by atoms with Crippen LogP contribution in [0.3, 0.4) is 0 Å². The molecule has 3 aromatic rings. The fourth-order valence-electron chi connectivity index (χ4n) is 1.86. The molecule has 3 aromatic heterocycles. The van der Waals surface area contributed by atoms with Crippen molar-refractivity contribution in [3.05, 3.63) is 36.1 Å². The standard InChI is InChI=1S/C12H9ClF2N5O2S/c1-23(21)16-5-8-6-20-3-2-7(4-9(20)17-8)10-18-11(22-19-10)12(13,14)15/h2-4,6H,5H2,1H3/q-1. The fourth-order valence-corrected chi connectivity index (χ4v) is 2.25. The van der Waals surface area contributed by atoms with Crippen molar-refractivity contribution in [1.29, 1.82) is 0 Å². The Bertz CT molecular complexity index is 942. The molecule has 0 radical (unpaired) electrons. The third-order valence-electron chi connectivity index (χ3n) is 2.85. The number of rotatable bonds is 4. The van der Waals surface area contributed by atoms with Crippen molar-refractivity contribution in [2.24, 2.45) is 4.36 Å². The number of hydrogen-bond donors (Lipinski definition) is 0. The highest BCUT2D eigenvalue weighted by molar-refractivity contribution is 7.73. The van der Waals surface area contributed by atoms with E-state index in [1.807, 2.05) is 0 Å². The van der Waals surface area contributed by atoms with Crippen LogP contribution < -0.4 is 0 Å². The summed E-state index contributed by atoms with van der Waals surface area (Å²) in [4.78, 5) is 7.87. The van der Waals surface area contributed by atoms with E-state index in [4.69, 9.17) is 11.6 Å². The molecule has 0 atom stereocenters. The molecular weight excluding hydrogens is 352 g/mol. The van der Waals surface area contributed by atoms with Gasteiger partial charge in [0.15, 0.2) is 0 Å².